The predicted octanol–water partition coefficient (Wildman–Crippen LogP) is 0.979. The van der Waals surface area contributed by atoms with Crippen molar-refractivity contribution in [1.29, 1.82) is 0 Å². The second-order valence-electron chi connectivity index (χ2n) is 6.11. The lowest BCUT2D eigenvalue weighted by Crippen LogP contribution is -2.52. The third-order valence-corrected chi connectivity index (χ3v) is 6.26. The summed E-state index contributed by atoms with van der Waals surface area (Å²) in [6.45, 7) is 1.93. The molecule has 1 aromatic carbocycles. The van der Waals surface area contributed by atoms with Crippen LogP contribution in [0.25, 0.3) is 0 Å². The summed E-state index contributed by atoms with van der Waals surface area (Å²) >= 11 is 0. The number of benzene rings is 1. The molecular formula is C16H21FN2O4S. The minimum atomic E-state index is -3.48. The molecular weight excluding hydrogens is 335 g/mol. The van der Waals surface area contributed by atoms with E-state index in [1.54, 1.807) is 4.90 Å². The number of carbonyl (C=O) groups excluding carboxylic acids is 1. The summed E-state index contributed by atoms with van der Waals surface area (Å²) < 4.78 is 44.7. The molecule has 2 heterocycles. The number of sulfonamides is 1. The summed E-state index contributed by atoms with van der Waals surface area (Å²) in [6, 6.07) is 5.46. The lowest BCUT2D eigenvalue weighted by atomic mass is 10.2. The van der Waals surface area contributed by atoms with Gasteiger partial charge in [0.1, 0.15) is 11.9 Å². The summed E-state index contributed by atoms with van der Waals surface area (Å²) in [5.41, 5.74) is 0.550. The summed E-state index contributed by atoms with van der Waals surface area (Å²) in [6.07, 6.45) is 1.26. The number of nitrogens with zero attached hydrogens (tertiary/aromatic N) is 2. The van der Waals surface area contributed by atoms with Crippen molar-refractivity contribution in [3.8, 4) is 0 Å². The van der Waals surface area contributed by atoms with Crippen LogP contribution in [0.15, 0.2) is 24.3 Å². The molecule has 0 aliphatic carbocycles. The molecule has 3 rings (SSSR count). The number of amides is 1. The largest absolute Gasteiger partial charge is 0.368 e. The highest BCUT2D eigenvalue weighted by atomic mass is 32.2. The standard InChI is InChI=1S/C16H21FN2O4S/c17-14-5-3-13(4-6-14)12-24(21,22)19-9-7-18(8-10-19)16(20)15-2-1-11-23-15/h3-6,15H,1-2,7-12H2. The molecule has 0 saturated carbocycles. The van der Waals surface area contributed by atoms with Crippen LogP contribution in [0.4, 0.5) is 4.39 Å². The molecule has 0 aromatic heterocycles. The van der Waals surface area contributed by atoms with Crippen molar-refractivity contribution in [3.05, 3.63) is 35.6 Å². The molecule has 1 amide bonds. The van der Waals surface area contributed by atoms with Gasteiger partial charge in [-0.25, -0.2) is 12.8 Å². The smallest absolute Gasteiger partial charge is 0.251 e. The van der Waals surface area contributed by atoms with Crippen molar-refractivity contribution in [2.75, 3.05) is 32.8 Å². The highest BCUT2D eigenvalue weighted by molar-refractivity contribution is 7.88. The van der Waals surface area contributed by atoms with Crippen LogP contribution < -0.4 is 0 Å². The number of hydrogen-bond acceptors (Lipinski definition) is 4. The van der Waals surface area contributed by atoms with Crippen molar-refractivity contribution >= 4 is 15.9 Å². The first kappa shape index (κ1) is 17.3. The molecule has 0 radical (unpaired) electrons. The fraction of sp³-hybridized carbons (Fsp3) is 0.562. The SMILES string of the molecule is O=C(C1CCCO1)N1CCN(S(=O)(=O)Cc2ccc(F)cc2)CC1. The van der Waals surface area contributed by atoms with Gasteiger partial charge in [0.15, 0.2) is 0 Å². The molecule has 24 heavy (non-hydrogen) atoms. The Hall–Kier alpha value is -1.51. The van der Waals surface area contributed by atoms with Crippen LogP contribution in [0, 0.1) is 5.82 Å². The molecule has 1 unspecified atom stereocenters. The second-order valence-corrected chi connectivity index (χ2v) is 8.08. The molecule has 0 spiro atoms. The molecule has 2 aliphatic rings. The molecule has 2 saturated heterocycles. The van der Waals surface area contributed by atoms with Crippen molar-refractivity contribution in [2.24, 2.45) is 0 Å². The fourth-order valence-electron chi connectivity index (χ4n) is 3.05. The third-order valence-electron chi connectivity index (χ3n) is 4.41. The van der Waals surface area contributed by atoms with Crippen molar-refractivity contribution in [3.63, 3.8) is 0 Å². The molecule has 2 fully saturated rings. The van der Waals surface area contributed by atoms with Gasteiger partial charge in [0, 0.05) is 32.8 Å². The molecule has 6 nitrogen and oxygen atoms in total. The van der Waals surface area contributed by atoms with Crippen LogP contribution in [0.3, 0.4) is 0 Å². The Morgan fingerprint density at radius 1 is 1.17 bits per heavy atom. The predicted molar refractivity (Wildman–Crippen MR) is 86.2 cm³/mol. The van der Waals surface area contributed by atoms with Crippen LogP contribution in [0.5, 0.6) is 0 Å². The van der Waals surface area contributed by atoms with Crippen molar-refractivity contribution in [2.45, 2.75) is 24.7 Å². The van der Waals surface area contributed by atoms with Gasteiger partial charge in [0.25, 0.3) is 5.91 Å². The van der Waals surface area contributed by atoms with E-state index < -0.39 is 15.8 Å². The van der Waals surface area contributed by atoms with Crippen LogP contribution in [0.2, 0.25) is 0 Å². The molecule has 132 valence electrons. The maximum absolute atomic E-state index is 12.9. The van der Waals surface area contributed by atoms with E-state index in [1.807, 2.05) is 0 Å². The zero-order valence-corrected chi connectivity index (χ0v) is 14.2. The molecule has 8 heteroatoms. The topological polar surface area (TPSA) is 66.9 Å². The maximum Gasteiger partial charge on any atom is 0.251 e. The summed E-state index contributed by atoms with van der Waals surface area (Å²) in [4.78, 5) is 14.0. The Labute approximate surface area is 141 Å². The van der Waals surface area contributed by atoms with Gasteiger partial charge in [0.05, 0.1) is 5.75 Å². The Morgan fingerprint density at radius 3 is 2.42 bits per heavy atom. The van der Waals surface area contributed by atoms with E-state index in [1.165, 1.54) is 28.6 Å². The van der Waals surface area contributed by atoms with Gasteiger partial charge in [-0.3, -0.25) is 4.79 Å². The summed E-state index contributed by atoms with van der Waals surface area (Å²) in [7, 11) is -3.48. The van der Waals surface area contributed by atoms with E-state index in [4.69, 9.17) is 4.74 Å². The fourth-order valence-corrected chi connectivity index (χ4v) is 4.56. The summed E-state index contributed by atoms with van der Waals surface area (Å²) in [5.74, 6) is -0.590. The first-order valence-corrected chi connectivity index (χ1v) is 9.69. The molecule has 0 bridgehead atoms. The van der Waals surface area contributed by atoms with E-state index in [9.17, 15) is 17.6 Å². The van der Waals surface area contributed by atoms with E-state index >= 15 is 0 Å². The van der Waals surface area contributed by atoms with Crippen LogP contribution in [-0.4, -0.2) is 62.4 Å². The average Bonchev–Trinajstić information content (AvgIpc) is 3.11. The van der Waals surface area contributed by atoms with Crippen LogP contribution in [0.1, 0.15) is 18.4 Å². The number of halogens is 1. The molecule has 0 N–H and O–H groups in total. The van der Waals surface area contributed by atoms with Crippen LogP contribution >= 0.6 is 0 Å². The maximum atomic E-state index is 12.9. The number of hydrogen-bond donors (Lipinski definition) is 0. The van der Waals surface area contributed by atoms with E-state index in [2.05, 4.69) is 0 Å². The first-order chi connectivity index (χ1) is 11.5. The van der Waals surface area contributed by atoms with Gasteiger partial charge in [-0.2, -0.15) is 4.31 Å². The number of ether oxygens (including phenoxy) is 1. The Balaban J connectivity index is 1.56. The van der Waals surface area contributed by atoms with E-state index in [0.717, 1.165) is 12.8 Å². The Morgan fingerprint density at radius 2 is 1.83 bits per heavy atom. The highest BCUT2D eigenvalue weighted by Gasteiger charge is 2.33. The van der Waals surface area contributed by atoms with E-state index in [-0.39, 0.29) is 30.9 Å². The van der Waals surface area contributed by atoms with Gasteiger partial charge in [-0.15, -0.1) is 0 Å². The molecule has 1 aromatic rings. The Kier molecular flexibility index (Phi) is 5.17. The zero-order chi connectivity index (χ0) is 17.2. The van der Waals surface area contributed by atoms with Gasteiger partial charge < -0.3 is 9.64 Å². The number of piperazine rings is 1. The highest BCUT2D eigenvalue weighted by Crippen LogP contribution is 2.18. The molecule has 1 atom stereocenters. The third kappa shape index (κ3) is 3.93. The minimum absolute atomic E-state index is 0.0388. The van der Waals surface area contributed by atoms with E-state index in [0.29, 0.717) is 25.3 Å². The lowest BCUT2D eigenvalue weighted by molar-refractivity contribution is -0.142. The van der Waals surface area contributed by atoms with Gasteiger partial charge in [-0.1, -0.05) is 12.1 Å². The van der Waals surface area contributed by atoms with Crippen molar-refractivity contribution < 1.29 is 22.3 Å². The molecule has 2 aliphatic heterocycles. The van der Waals surface area contributed by atoms with Gasteiger partial charge in [0.2, 0.25) is 10.0 Å². The second kappa shape index (κ2) is 7.16. The zero-order valence-electron chi connectivity index (χ0n) is 13.4. The minimum Gasteiger partial charge on any atom is -0.368 e. The van der Waals surface area contributed by atoms with Crippen LogP contribution in [-0.2, 0) is 25.3 Å². The number of carbonyl (C=O) groups is 1. The normalized spacial score (nSPS) is 22.7. The van der Waals surface area contributed by atoms with Gasteiger partial charge >= 0.3 is 0 Å². The van der Waals surface area contributed by atoms with Gasteiger partial charge in [-0.05, 0) is 30.5 Å². The number of rotatable bonds is 4. The monoisotopic (exact) mass is 356 g/mol. The van der Waals surface area contributed by atoms with Crippen molar-refractivity contribution in [1.82, 2.24) is 9.21 Å². The quantitative estimate of drug-likeness (QED) is 0.807. The average molecular weight is 356 g/mol. The Bertz CT molecular complexity index is 679. The summed E-state index contributed by atoms with van der Waals surface area (Å²) in [5, 5.41) is 0. The first-order valence-electron chi connectivity index (χ1n) is 8.08. The lowest BCUT2D eigenvalue weighted by Gasteiger charge is -2.35.